The van der Waals surface area contributed by atoms with Gasteiger partial charge in [-0.1, -0.05) is 138 Å². The van der Waals surface area contributed by atoms with Crippen LogP contribution in [0.1, 0.15) is 16.7 Å². The second kappa shape index (κ2) is 14.9. The molecular formula is C49H39NS2. The summed E-state index contributed by atoms with van der Waals surface area (Å²) in [5.41, 5.74) is 7.50. The topological polar surface area (TPSA) is 3.24 Å². The van der Waals surface area contributed by atoms with Gasteiger partial charge in [-0.25, -0.2) is 0 Å². The van der Waals surface area contributed by atoms with Crippen molar-refractivity contribution < 1.29 is 0 Å². The van der Waals surface area contributed by atoms with Gasteiger partial charge in [0, 0.05) is 57.1 Å². The molecule has 0 amide bonds. The van der Waals surface area contributed by atoms with Crippen molar-refractivity contribution in [2.24, 2.45) is 0 Å². The van der Waals surface area contributed by atoms with Gasteiger partial charge in [0.25, 0.3) is 0 Å². The summed E-state index contributed by atoms with van der Waals surface area (Å²) >= 11 is 3.74. The van der Waals surface area contributed by atoms with Crippen LogP contribution in [0.3, 0.4) is 0 Å². The predicted molar refractivity (Wildman–Crippen MR) is 232 cm³/mol. The SMILES string of the molecule is Cc1ccc2sc3cc(N(c4ccccc4)c4cccc5ccccc45)ccc3c2c1.Cc1ccc2sc3ccccc3c2c1.Cc1ccccc1. The molecule has 0 aliphatic rings. The minimum absolute atomic E-state index is 1.16. The van der Waals surface area contributed by atoms with Crippen molar-refractivity contribution in [1.82, 2.24) is 0 Å². The summed E-state index contributed by atoms with van der Waals surface area (Å²) in [4.78, 5) is 2.37. The van der Waals surface area contributed by atoms with Crippen LogP contribution >= 0.6 is 22.7 Å². The van der Waals surface area contributed by atoms with E-state index in [1.54, 1.807) is 0 Å². The largest absolute Gasteiger partial charge is 0.310 e. The summed E-state index contributed by atoms with van der Waals surface area (Å²) in [6.45, 7) is 6.39. The van der Waals surface area contributed by atoms with Crippen LogP contribution < -0.4 is 4.90 Å². The molecule has 10 rings (SSSR count). The van der Waals surface area contributed by atoms with Crippen molar-refractivity contribution in [3.63, 3.8) is 0 Å². The van der Waals surface area contributed by atoms with Gasteiger partial charge in [-0.15, -0.1) is 22.7 Å². The summed E-state index contributed by atoms with van der Waals surface area (Å²) in [6, 6.07) is 64.9. The van der Waals surface area contributed by atoms with E-state index in [-0.39, 0.29) is 0 Å². The Bertz CT molecular complexity index is 2770. The van der Waals surface area contributed by atoms with Crippen LogP contribution in [0.25, 0.3) is 51.1 Å². The molecule has 0 spiro atoms. The highest BCUT2D eigenvalue weighted by molar-refractivity contribution is 7.26. The maximum atomic E-state index is 2.37. The third-order valence-electron chi connectivity index (χ3n) is 9.36. The van der Waals surface area contributed by atoms with Crippen molar-refractivity contribution in [2.45, 2.75) is 20.8 Å². The Balaban J connectivity index is 0.000000150. The van der Waals surface area contributed by atoms with Gasteiger partial charge in [0.15, 0.2) is 0 Å². The van der Waals surface area contributed by atoms with E-state index < -0.39 is 0 Å². The molecule has 0 saturated heterocycles. The Morgan fingerprint density at radius 2 is 0.865 bits per heavy atom. The normalized spacial score (nSPS) is 11.0. The number of para-hydroxylation sites is 1. The number of hydrogen-bond donors (Lipinski definition) is 0. The average molecular weight is 706 g/mol. The third kappa shape index (κ3) is 6.94. The van der Waals surface area contributed by atoms with E-state index in [4.69, 9.17) is 0 Å². The Hall–Kier alpha value is -5.74. The first-order valence-electron chi connectivity index (χ1n) is 17.7. The van der Waals surface area contributed by atoms with Crippen molar-refractivity contribution in [3.05, 3.63) is 199 Å². The fraction of sp³-hybridized carbons (Fsp3) is 0.0612. The molecule has 0 atom stereocenters. The van der Waals surface area contributed by atoms with E-state index >= 15 is 0 Å². The highest BCUT2D eigenvalue weighted by atomic mass is 32.1. The number of anilines is 3. The zero-order valence-corrected chi connectivity index (χ0v) is 31.2. The number of fused-ring (bicyclic) bond motifs is 7. The van der Waals surface area contributed by atoms with Gasteiger partial charge >= 0.3 is 0 Å². The molecule has 8 aromatic carbocycles. The lowest BCUT2D eigenvalue weighted by Gasteiger charge is -2.27. The second-order valence-corrected chi connectivity index (χ2v) is 15.4. The standard InChI is InChI=1S/C29H21NS.C13H10S.C7H8/c1-20-14-17-28-26(18-20)25-16-15-23(19-29(25)31-28)30(22-10-3-2-4-11-22)27-13-7-9-21-8-5-6-12-24(21)27;1-9-6-7-13-11(8-9)10-4-2-3-5-12(10)14-13;1-7-5-3-2-4-6-7/h2-19H,1H3;2-8H,1H3;2-6H,1H3. The maximum absolute atomic E-state index is 2.37. The second-order valence-electron chi connectivity index (χ2n) is 13.2. The van der Waals surface area contributed by atoms with Gasteiger partial charge in [-0.3, -0.25) is 0 Å². The van der Waals surface area contributed by atoms with E-state index in [2.05, 4.69) is 189 Å². The van der Waals surface area contributed by atoms with Crippen LogP contribution in [-0.4, -0.2) is 0 Å². The molecule has 2 heterocycles. The molecule has 0 aliphatic carbocycles. The smallest absolute Gasteiger partial charge is 0.0540 e. The highest BCUT2D eigenvalue weighted by Gasteiger charge is 2.16. The maximum Gasteiger partial charge on any atom is 0.0540 e. The molecule has 0 fully saturated rings. The lowest BCUT2D eigenvalue weighted by molar-refractivity contribution is 1.30. The average Bonchev–Trinajstić information content (AvgIpc) is 3.73. The van der Waals surface area contributed by atoms with E-state index in [1.165, 1.54) is 79.2 Å². The highest BCUT2D eigenvalue weighted by Crippen LogP contribution is 2.42. The van der Waals surface area contributed by atoms with E-state index in [1.807, 2.05) is 40.9 Å². The van der Waals surface area contributed by atoms with Crippen molar-refractivity contribution >= 4 is 90.9 Å². The number of thiophene rings is 2. The molecule has 0 N–H and O–H groups in total. The minimum atomic E-state index is 1.16. The fourth-order valence-electron chi connectivity index (χ4n) is 6.80. The Morgan fingerprint density at radius 1 is 0.327 bits per heavy atom. The van der Waals surface area contributed by atoms with Crippen LogP contribution in [0.2, 0.25) is 0 Å². The lowest BCUT2D eigenvalue weighted by atomic mass is 10.1. The number of benzene rings is 8. The molecule has 0 aliphatic heterocycles. The molecule has 1 nitrogen and oxygen atoms in total. The van der Waals surface area contributed by atoms with E-state index in [9.17, 15) is 0 Å². The predicted octanol–water partition coefficient (Wildman–Crippen LogP) is 15.3. The van der Waals surface area contributed by atoms with Gasteiger partial charge in [-0.05, 0) is 86.8 Å². The molecule has 52 heavy (non-hydrogen) atoms. The molecule has 10 aromatic rings. The molecule has 2 aromatic heterocycles. The molecule has 0 saturated carbocycles. The number of nitrogens with zero attached hydrogens (tertiary/aromatic N) is 1. The van der Waals surface area contributed by atoms with E-state index in [0.29, 0.717) is 0 Å². The Labute approximate surface area is 313 Å². The monoisotopic (exact) mass is 705 g/mol. The molecule has 0 unspecified atom stereocenters. The molecular weight excluding hydrogens is 667 g/mol. The quantitative estimate of drug-likeness (QED) is 0.177. The molecule has 252 valence electrons. The summed E-state index contributed by atoms with van der Waals surface area (Å²) < 4.78 is 5.43. The zero-order chi connectivity index (χ0) is 35.4. The van der Waals surface area contributed by atoms with Gasteiger partial charge in [0.1, 0.15) is 0 Å². The Kier molecular flexibility index (Phi) is 9.54. The molecule has 0 radical (unpaired) electrons. The van der Waals surface area contributed by atoms with Gasteiger partial charge < -0.3 is 4.90 Å². The Morgan fingerprint density at radius 3 is 1.54 bits per heavy atom. The van der Waals surface area contributed by atoms with Crippen molar-refractivity contribution in [1.29, 1.82) is 0 Å². The van der Waals surface area contributed by atoms with Crippen LogP contribution in [0.4, 0.5) is 17.1 Å². The summed E-state index contributed by atoms with van der Waals surface area (Å²) in [7, 11) is 0. The first-order chi connectivity index (χ1) is 25.5. The van der Waals surface area contributed by atoms with E-state index in [0.717, 1.165) is 5.69 Å². The first-order valence-corrected chi connectivity index (χ1v) is 19.3. The summed E-state index contributed by atoms with van der Waals surface area (Å²) in [5, 5.41) is 7.96. The summed E-state index contributed by atoms with van der Waals surface area (Å²) in [5.74, 6) is 0. The third-order valence-corrected chi connectivity index (χ3v) is 11.6. The van der Waals surface area contributed by atoms with Crippen LogP contribution in [0.5, 0.6) is 0 Å². The lowest BCUT2D eigenvalue weighted by Crippen LogP contribution is -2.10. The van der Waals surface area contributed by atoms with Crippen LogP contribution in [0, 0.1) is 20.8 Å². The van der Waals surface area contributed by atoms with Gasteiger partial charge in [0.05, 0.1) is 5.69 Å². The number of aryl methyl sites for hydroxylation is 3. The zero-order valence-electron chi connectivity index (χ0n) is 29.6. The minimum Gasteiger partial charge on any atom is -0.310 e. The number of hydrogen-bond acceptors (Lipinski definition) is 3. The van der Waals surface area contributed by atoms with Crippen molar-refractivity contribution in [2.75, 3.05) is 4.90 Å². The van der Waals surface area contributed by atoms with Crippen LogP contribution in [0.15, 0.2) is 182 Å². The first kappa shape index (κ1) is 33.4. The van der Waals surface area contributed by atoms with Crippen molar-refractivity contribution in [3.8, 4) is 0 Å². The number of rotatable bonds is 3. The molecule has 3 heteroatoms. The fourth-order valence-corrected chi connectivity index (χ4v) is 9.01. The molecule has 0 bridgehead atoms. The van der Waals surface area contributed by atoms with Gasteiger partial charge in [-0.2, -0.15) is 0 Å². The van der Waals surface area contributed by atoms with Crippen LogP contribution in [-0.2, 0) is 0 Å². The van der Waals surface area contributed by atoms with Gasteiger partial charge in [0.2, 0.25) is 0 Å². The summed E-state index contributed by atoms with van der Waals surface area (Å²) in [6.07, 6.45) is 0.